The van der Waals surface area contributed by atoms with Gasteiger partial charge in [-0.3, -0.25) is 0 Å². The number of halogens is 2. The topological polar surface area (TPSA) is 39.1 Å². The number of imidazole rings is 1. The van der Waals surface area contributed by atoms with Gasteiger partial charge in [0.15, 0.2) is 0 Å². The summed E-state index contributed by atoms with van der Waals surface area (Å²) in [6.45, 7) is 2.34. The third-order valence-electron chi connectivity index (χ3n) is 3.14. The Hall–Kier alpha value is -1.79. The SMILES string of the molecule is CC(NCCOCC(F)F)c1ccc(-n2ccnc2)cc1. The summed E-state index contributed by atoms with van der Waals surface area (Å²) in [6.07, 6.45) is 2.96. The summed E-state index contributed by atoms with van der Waals surface area (Å²) in [5.41, 5.74) is 2.18. The van der Waals surface area contributed by atoms with Crippen LogP contribution < -0.4 is 5.32 Å². The highest BCUT2D eigenvalue weighted by Gasteiger charge is 2.06. The van der Waals surface area contributed by atoms with E-state index in [-0.39, 0.29) is 12.6 Å². The van der Waals surface area contributed by atoms with Gasteiger partial charge < -0.3 is 14.6 Å². The molecule has 6 heteroatoms. The number of ether oxygens (including phenoxy) is 1. The summed E-state index contributed by atoms with van der Waals surface area (Å²) >= 11 is 0. The number of rotatable bonds is 8. The lowest BCUT2D eigenvalue weighted by molar-refractivity contribution is 0.0183. The van der Waals surface area contributed by atoms with Gasteiger partial charge >= 0.3 is 0 Å². The van der Waals surface area contributed by atoms with Crippen LogP contribution in [0, 0.1) is 0 Å². The van der Waals surface area contributed by atoms with Crippen LogP contribution in [0.15, 0.2) is 43.0 Å². The Morgan fingerprint density at radius 2 is 2.05 bits per heavy atom. The molecule has 1 N–H and O–H groups in total. The maximum absolute atomic E-state index is 11.9. The van der Waals surface area contributed by atoms with Gasteiger partial charge in [0.05, 0.1) is 12.9 Å². The van der Waals surface area contributed by atoms with Crippen LogP contribution in [0.2, 0.25) is 0 Å². The molecule has 1 unspecified atom stereocenters. The van der Waals surface area contributed by atoms with Crippen LogP contribution in [-0.4, -0.2) is 35.7 Å². The van der Waals surface area contributed by atoms with Gasteiger partial charge in [-0.05, 0) is 24.6 Å². The van der Waals surface area contributed by atoms with Crippen molar-refractivity contribution in [1.82, 2.24) is 14.9 Å². The molecule has 4 nitrogen and oxygen atoms in total. The number of alkyl halides is 2. The average molecular weight is 295 g/mol. The highest BCUT2D eigenvalue weighted by atomic mass is 19.3. The van der Waals surface area contributed by atoms with Crippen molar-refractivity contribution in [2.75, 3.05) is 19.8 Å². The molecular formula is C15H19F2N3O. The lowest BCUT2D eigenvalue weighted by atomic mass is 10.1. The van der Waals surface area contributed by atoms with Crippen LogP contribution >= 0.6 is 0 Å². The molecule has 1 atom stereocenters. The molecule has 0 amide bonds. The van der Waals surface area contributed by atoms with E-state index in [9.17, 15) is 8.78 Å². The number of hydrogen-bond donors (Lipinski definition) is 1. The molecule has 0 aliphatic rings. The van der Waals surface area contributed by atoms with E-state index in [4.69, 9.17) is 4.74 Å². The van der Waals surface area contributed by atoms with Crippen molar-refractivity contribution >= 4 is 0 Å². The Labute approximate surface area is 122 Å². The minimum atomic E-state index is -2.40. The Bertz CT molecular complexity index is 514. The first kappa shape index (κ1) is 15.6. The van der Waals surface area contributed by atoms with Crippen molar-refractivity contribution in [3.63, 3.8) is 0 Å². The Morgan fingerprint density at radius 1 is 1.29 bits per heavy atom. The summed E-state index contributed by atoms with van der Waals surface area (Å²) in [4.78, 5) is 4.01. The molecule has 2 rings (SSSR count). The molecule has 0 saturated carbocycles. The molecule has 1 aromatic carbocycles. The molecule has 0 fully saturated rings. The lowest BCUT2D eigenvalue weighted by Crippen LogP contribution is -2.24. The van der Waals surface area contributed by atoms with Crippen molar-refractivity contribution in [2.24, 2.45) is 0 Å². The first-order valence-corrected chi connectivity index (χ1v) is 6.84. The number of benzene rings is 1. The highest BCUT2D eigenvalue weighted by Crippen LogP contribution is 2.15. The quantitative estimate of drug-likeness (QED) is 0.761. The van der Waals surface area contributed by atoms with Crippen molar-refractivity contribution in [3.05, 3.63) is 48.5 Å². The van der Waals surface area contributed by atoms with Gasteiger partial charge in [0.2, 0.25) is 0 Å². The van der Waals surface area contributed by atoms with Crippen LogP contribution in [0.1, 0.15) is 18.5 Å². The average Bonchev–Trinajstić information content (AvgIpc) is 3.01. The molecule has 21 heavy (non-hydrogen) atoms. The summed E-state index contributed by atoms with van der Waals surface area (Å²) in [7, 11) is 0. The van der Waals surface area contributed by atoms with Gasteiger partial charge in [-0.2, -0.15) is 0 Å². The van der Waals surface area contributed by atoms with Crippen molar-refractivity contribution in [3.8, 4) is 5.69 Å². The van der Waals surface area contributed by atoms with E-state index in [0.717, 1.165) is 11.3 Å². The monoisotopic (exact) mass is 295 g/mol. The van der Waals surface area contributed by atoms with Gasteiger partial charge in [0, 0.05) is 30.7 Å². The molecule has 114 valence electrons. The largest absolute Gasteiger partial charge is 0.374 e. The predicted octanol–water partition coefficient (Wildman–Crippen LogP) is 2.80. The van der Waals surface area contributed by atoms with E-state index in [1.54, 1.807) is 12.5 Å². The van der Waals surface area contributed by atoms with Crippen LogP contribution in [0.3, 0.4) is 0 Å². The van der Waals surface area contributed by atoms with Crippen LogP contribution in [0.5, 0.6) is 0 Å². The van der Waals surface area contributed by atoms with E-state index in [1.807, 2.05) is 42.0 Å². The Kier molecular flexibility index (Phi) is 5.83. The number of aromatic nitrogens is 2. The Balaban J connectivity index is 1.79. The number of hydrogen-bond acceptors (Lipinski definition) is 3. The number of nitrogens with one attached hydrogen (secondary N) is 1. The molecule has 0 aliphatic heterocycles. The first-order valence-electron chi connectivity index (χ1n) is 6.84. The molecule has 1 heterocycles. The fraction of sp³-hybridized carbons (Fsp3) is 0.400. The minimum absolute atomic E-state index is 0.136. The summed E-state index contributed by atoms with van der Waals surface area (Å²) in [6, 6.07) is 8.24. The van der Waals surface area contributed by atoms with E-state index in [1.165, 1.54) is 0 Å². The van der Waals surface area contributed by atoms with Gasteiger partial charge in [-0.1, -0.05) is 12.1 Å². The summed E-state index contributed by atoms with van der Waals surface area (Å²) in [5.74, 6) is 0. The van der Waals surface area contributed by atoms with E-state index in [2.05, 4.69) is 10.3 Å². The highest BCUT2D eigenvalue weighted by molar-refractivity contribution is 5.35. The Morgan fingerprint density at radius 3 is 2.67 bits per heavy atom. The fourth-order valence-electron chi connectivity index (χ4n) is 1.98. The van der Waals surface area contributed by atoms with Gasteiger partial charge in [-0.25, -0.2) is 13.8 Å². The third-order valence-corrected chi connectivity index (χ3v) is 3.14. The van der Waals surface area contributed by atoms with E-state index < -0.39 is 13.0 Å². The van der Waals surface area contributed by atoms with Gasteiger partial charge in [0.1, 0.15) is 6.61 Å². The van der Waals surface area contributed by atoms with Gasteiger partial charge in [0.25, 0.3) is 6.43 Å². The van der Waals surface area contributed by atoms with Crippen molar-refractivity contribution < 1.29 is 13.5 Å². The van der Waals surface area contributed by atoms with Crippen molar-refractivity contribution in [2.45, 2.75) is 19.4 Å². The standard InChI is InChI=1S/C15H19F2N3O/c1-12(19-7-9-21-10-15(16)17)13-2-4-14(5-3-13)20-8-6-18-11-20/h2-6,8,11-12,15,19H,7,9-10H2,1H3. The zero-order valence-electron chi connectivity index (χ0n) is 11.9. The van der Waals surface area contributed by atoms with Crippen molar-refractivity contribution in [1.29, 1.82) is 0 Å². The van der Waals surface area contributed by atoms with Crippen LogP contribution in [-0.2, 0) is 4.74 Å². The molecule has 0 radical (unpaired) electrons. The molecule has 0 bridgehead atoms. The van der Waals surface area contributed by atoms with Crippen LogP contribution in [0.25, 0.3) is 5.69 Å². The maximum atomic E-state index is 11.9. The van der Waals surface area contributed by atoms with E-state index in [0.29, 0.717) is 6.54 Å². The lowest BCUT2D eigenvalue weighted by Gasteiger charge is -2.15. The summed E-state index contributed by atoms with van der Waals surface area (Å²) < 4.78 is 30.5. The molecule has 1 aromatic heterocycles. The third kappa shape index (κ3) is 4.91. The second-order valence-electron chi connectivity index (χ2n) is 4.70. The summed E-state index contributed by atoms with van der Waals surface area (Å²) in [5, 5.41) is 3.24. The number of nitrogens with zero attached hydrogens (tertiary/aromatic N) is 2. The molecular weight excluding hydrogens is 276 g/mol. The molecule has 0 spiro atoms. The zero-order chi connectivity index (χ0) is 15.1. The molecule has 2 aromatic rings. The fourth-order valence-corrected chi connectivity index (χ4v) is 1.98. The maximum Gasteiger partial charge on any atom is 0.261 e. The second kappa shape index (κ2) is 7.85. The minimum Gasteiger partial charge on any atom is -0.374 e. The zero-order valence-corrected chi connectivity index (χ0v) is 11.9. The predicted molar refractivity (Wildman–Crippen MR) is 76.8 cm³/mol. The molecule has 0 saturated heterocycles. The smallest absolute Gasteiger partial charge is 0.261 e. The second-order valence-corrected chi connectivity index (χ2v) is 4.70. The van der Waals surface area contributed by atoms with E-state index >= 15 is 0 Å². The normalized spacial score (nSPS) is 12.8. The first-order chi connectivity index (χ1) is 10.2. The van der Waals surface area contributed by atoms with Crippen LogP contribution in [0.4, 0.5) is 8.78 Å². The molecule has 0 aliphatic carbocycles. The van der Waals surface area contributed by atoms with Gasteiger partial charge in [-0.15, -0.1) is 0 Å².